The van der Waals surface area contributed by atoms with Gasteiger partial charge in [-0.3, -0.25) is 0 Å². The van der Waals surface area contributed by atoms with Gasteiger partial charge in [-0.15, -0.1) is 11.3 Å². The van der Waals surface area contributed by atoms with Crippen LogP contribution >= 0.6 is 11.3 Å². The molecule has 0 bridgehead atoms. The van der Waals surface area contributed by atoms with Crippen LogP contribution in [0.25, 0.3) is 0 Å². The second-order valence-electron chi connectivity index (χ2n) is 5.59. The summed E-state index contributed by atoms with van der Waals surface area (Å²) >= 11 is 1.77. The van der Waals surface area contributed by atoms with Crippen LogP contribution in [0.5, 0.6) is 0 Å². The molecular formula is C15H26N2S. The Morgan fingerprint density at radius 2 is 2.06 bits per heavy atom. The first-order valence-electron chi connectivity index (χ1n) is 6.84. The summed E-state index contributed by atoms with van der Waals surface area (Å²) in [7, 11) is 0. The largest absolute Gasteiger partial charge is 0.316 e. The van der Waals surface area contributed by atoms with Crippen LogP contribution in [0.1, 0.15) is 51.2 Å². The van der Waals surface area contributed by atoms with E-state index in [1.165, 1.54) is 17.1 Å². The van der Waals surface area contributed by atoms with Crippen LogP contribution in [0.4, 0.5) is 0 Å². The number of aromatic nitrogens is 1. The van der Waals surface area contributed by atoms with E-state index in [0.717, 1.165) is 25.9 Å². The van der Waals surface area contributed by atoms with Gasteiger partial charge in [0, 0.05) is 17.2 Å². The van der Waals surface area contributed by atoms with Gasteiger partial charge < -0.3 is 5.32 Å². The Balaban J connectivity index is 2.27. The third-order valence-corrected chi connectivity index (χ3v) is 3.57. The van der Waals surface area contributed by atoms with Gasteiger partial charge in [0.15, 0.2) is 0 Å². The Morgan fingerprint density at radius 3 is 2.67 bits per heavy atom. The van der Waals surface area contributed by atoms with Gasteiger partial charge in [-0.2, -0.15) is 0 Å². The Kier molecular flexibility index (Phi) is 6.58. The number of allylic oxidation sites excluding steroid dienone is 1. The van der Waals surface area contributed by atoms with Crippen molar-refractivity contribution in [3.8, 4) is 0 Å². The Labute approximate surface area is 116 Å². The summed E-state index contributed by atoms with van der Waals surface area (Å²) in [6.45, 7) is 11.0. The molecular weight excluding hydrogens is 240 g/mol. The summed E-state index contributed by atoms with van der Waals surface area (Å²) in [4.78, 5) is 4.68. The van der Waals surface area contributed by atoms with Crippen molar-refractivity contribution in [1.29, 1.82) is 0 Å². The summed E-state index contributed by atoms with van der Waals surface area (Å²) in [5.74, 6) is 0. The number of nitrogens with one attached hydrogen (secondary N) is 1. The molecule has 0 aliphatic carbocycles. The second kappa shape index (κ2) is 7.70. The molecule has 1 rings (SSSR count). The molecule has 0 saturated heterocycles. The van der Waals surface area contributed by atoms with Crippen molar-refractivity contribution >= 4 is 11.3 Å². The fraction of sp³-hybridized carbons (Fsp3) is 0.667. The van der Waals surface area contributed by atoms with Crippen LogP contribution in [0.2, 0.25) is 0 Å². The number of hydrogen-bond donors (Lipinski definition) is 1. The fourth-order valence-corrected chi connectivity index (χ4v) is 2.54. The van der Waals surface area contributed by atoms with Crippen molar-refractivity contribution in [2.45, 2.75) is 52.4 Å². The number of hydrogen-bond acceptors (Lipinski definition) is 3. The maximum absolute atomic E-state index is 4.68. The van der Waals surface area contributed by atoms with Gasteiger partial charge in [0.2, 0.25) is 0 Å². The third-order valence-electron chi connectivity index (χ3n) is 2.69. The van der Waals surface area contributed by atoms with Crippen LogP contribution < -0.4 is 5.32 Å². The zero-order valence-electron chi connectivity index (χ0n) is 12.1. The summed E-state index contributed by atoms with van der Waals surface area (Å²) in [5, 5.41) is 6.80. The predicted octanol–water partition coefficient (Wildman–Crippen LogP) is 3.93. The van der Waals surface area contributed by atoms with Crippen molar-refractivity contribution in [1.82, 2.24) is 10.3 Å². The van der Waals surface area contributed by atoms with E-state index in [-0.39, 0.29) is 5.41 Å². The number of nitrogens with zero attached hydrogens (tertiary/aromatic N) is 1. The molecule has 2 nitrogen and oxygen atoms in total. The molecule has 102 valence electrons. The Morgan fingerprint density at radius 1 is 1.28 bits per heavy atom. The minimum atomic E-state index is 0.169. The predicted molar refractivity (Wildman–Crippen MR) is 81.4 cm³/mol. The highest BCUT2D eigenvalue weighted by molar-refractivity contribution is 7.09. The molecule has 0 radical (unpaired) electrons. The van der Waals surface area contributed by atoms with E-state index in [1.807, 2.05) is 0 Å². The summed E-state index contributed by atoms with van der Waals surface area (Å²) in [6.07, 6.45) is 7.77. The molecule has 0 spiro atoms. The van der Waals surface area contributed by atoms with Crippen LogP contribution in [0.3, 0.4) is 0 Å². The SMILES string of the molecule is CCCNCCC=CCc1nc(C(C)(C)C)cs1. The third kappa shape index (κ3) is 5.78. The maximum atomic E-state index is 4.68. The minimum absolute atomic E-state index is 0.169. The van der Waals surface area contributed by atoms with Gasteiger partial charge in [0.25, 0.3) is 0 Å². The molecule has 0 aliphatic rings. The molecule has 1 N–H and O–H groups in total. The Hall–Kier alpha value is -0.670. The van der Waals surface area contributed by atoms with Crippen molar-refractivity contribution < 1.29 is 0 Å². The van der Waals surface area contributed by atoms with Gasteiger partial charge in [-0.1, -0.05) is 39.8 Å². The van der Waals surface area contributed by atoms with Crippen LogP contribution in [0.15, 0.2) is 17.5 Å². The van der Waals surface area contributed by atoms with E-state index >= 15 is 0 Å². The highest BCUT2D eigenvalue weighted by Gasteiger charge is 2.16. The van der Waals surface area contributed by atoms with Gasteiger partial charge in [-0.05, 0) is 25.9 Å². The number of rotatable bonds is 7. The molecule has 3 heteroatoms. The van der Waals surface area contributed by atoms with E-state index in [0.29, 0.717) is 0 Å². The first-order valence-corrected chi connectivity index (χ1v) is 7.72. The van der Waals surface area contributed by atoms with E-state index in [1.54, 1.807) is 11.3 Å². The molecule has 0 amide bonds. The normalized spacial score (nSPS) is 12.4. The molecule has 1 heterocycles. The lowest BCUT2D eigenvalue weighted by molar-refractivity contribution is 0.571. The maximum Gasteiger partial charge on any atom is 0.0966 e. The van der Waals surface area contributed by atoms with Gasteiger partial charge in [-0.25, -0.2) is 4.98 Å². The summed E-state index contributed by atoms with van der Waals surface area (Å²) in [6, 6.07) is 0. The molecule has 0 aromatic carbocycles. The number of thiazole rings is 1. The lowest BCUT2D eigenvalue weighted by Gasteiger charge is -2.14. The summed E-state index contributed by atoms with van der Waals surface area (Å²) in [5.41, 5.74) is 1.38. The van der Waals surface area contributed by atoms with Gasteiger partial charge >= 0.3 is 0 Å². The Bertz CT molecular complexity index is 361. The van der Waals surface area contributed by atoms with Gasteiger partial charge in [0.1, 0.15) is 0 Å². The van der Waals surface area contributed by atoms with Crippen molar-refractivity contribution in [2.24, 2.45) is 0 Å². The monoisotopic (exact) mass is 266 g/mol. The topological polar surface area (TPSA) is 24.9 Å². The minimum Gasteiger partial charge on any atom is -0.316 e. The average Bonchev–Trinajstić information content (AvgIpc) is 2.76. The zero-order valence-corrected chi connectivity index (χ0v) is 12.9. The lowest BCUT2D eigenvalue weighted by Crippen LogP contribution is -2.15. The van der Waals surface area contributed by atoms with E-state index in [2.05, 4.69) is 55.5 Å². The van der Waals surface area contributed by atoms with Gasteiger partial charge in [0.05, 0.1) is 10.7 Å². The molecule has 1 aromatic rings. The molecule has 0 atom stereocenters. The standard InChI is InChI=1S/C15H26N2S/c1-5-10-16-11-8-6-7-9-14-17-13(12-18-14)15(2,3)4/h6-7,12,16H,5,8-11H2,1-4H3. The molecule has 0 saturated carbocycles. The lowest BCUT2D eigenvalue weighted by atomic mass is 9.93. The average molecular weight is 266 g/mol. The van der Waals surface area contributed by atoms with Crippen LogP contribution in [-0.4, -0.2) is 18.1 Å². The van der Waals surface area contributed by atoms with Crippen LogP contribution in [0, 0.1) is 0 Å². The molecule has 0 unspecified atom stereocenters. The molecule has 0 aliphatic heterocycles. The quantitative estimate of drug-likeness (QED) is 0.597. The van der Waals surface area contributed by atoms with E-state index in [4.69, 9.17) is 0 Å². The fourth-order valence-electron chi connectivity index (χ4n) is 1.54. The summed E-state index contributed by atoms with van der Waals surface area (Å²) < 4.78 is 0. The van der Waals surface area contributed by atoms with Crippen molar-refractivity contribution in [2.75, 3.05) is 13.1 Å². The molecule has 0 fully saturated rings. The highest BCUT2D eigenvalue weighted by atomic mass is 32.1. The second-order valence-corrected chi connectivity index (χ2v) is 6.53. The highest BCUT2D eigenvalue weighted by Crippen LogP contribution is 2.24. The van der Waals surface area contributed by atoms with Crippen LogP contribution in [-0.2, 0) is 11.8 Å². The van der Waals surface area contributed by atoms with E-state index < -0.39 is 0 Å². The first-order chi connectivity index (χ1) is 8.54. The molecule has 1 aromatic heterocycles. The molecule has 18 heavy (non-hydrogen) atoms. The first kappa shape index (κ1) is 15.4. The smallest absolute Gasteiger partial charge is 0.0966 e. The van der Waals surface area contributed by atoms with Crippen molar-refractivity contribution in [3.05, 3.63) is 28.2 Å². The zero-order chi connectivity index (χ0) is 13.4. The van der Waals surface area contributed by atoms with E-state index in [9.17, 15) is 0 Å². The van der Waals surface area contributed by atoms with Crippen molar-refractivity contribution in [3.63, 3.8) is 0 Å².